The van der Waals surface area contributed by atoms with Crippen LogP contribution in [0.4, 0.5) is 0 Å². The number of aliphatic hydroxyl groups is 4. The van der Waals surface area contributed by atoms with Gasteiger partial charge in [-0.3, -0.25) is 4.79 Å². The van der Waals surface area contributed by atoms with Crippen LogP contribution in [0.3, 0.4) is 0 Å². The van der Waals surface area contributed by atoms with Crippen molar-refractivity contribution in [1.82, 2.24) is 0 Å². The lowest BCUT2D eigenvalue weighted by Crippen LogP contribution is -2.59. The van der Waals surface area contributed by atoms with E-state index in [9.17, 15) is 25.2 Å². The number of esters is 1. The molecule has 10 heteroatoms. The van der Waals surface area contributed by atoms with Gasteiger partial charge in [-0.2, -0.15) is 0 Å². The first-order chi connectivity index (χ1) is 19.5. The quantitative estimate of drug-likeness (QED) is 0.294. The van der Waals surface area contributed by atoms with Gasteiger partial charge in [-0.15, -0.1) is 0 Å². The number of ether oxygens (including phenoxy) is 4. The van der Waals surface area contributed by atoms with E-state index in [1.165, 1.54) is 14.0 Å². The van der Waals surface area contributed by atoms with Crippen LogP contribution in [0.25, 0.3) is 0 Å². The topological polar surface area (TPSA) is 159 Å². The standard InChI is InChI=1S/C33H61NO9/c1-14-22-33(12,39)27(35)18(3)24(34)17(2)15-31(10,38)26(30(7,8)9)19(4)25(20(5)29(37)42-22)43-23-16-32(11,40-13)28(36)21(6)41-23/h17-23,25-28,34-36,38-39H,14-16H2,1-13H3/t17-,18+,19+,20-,21+,22-,23+,25+,26?,27-,28+,31-,32-,33-/m1/s1. The highest BCUT2D eigenvalue weighted by molar-refractivity contribution is 5.86. The lowest BCUT2D eigenvalue weighted by atomic mass is 9.60. The molecule has 2 saturated heterocycles. The first-order valence-corrected chi connectivity index (χ1v) is 15.9. The van der Waals surface area contributed by atoms with Gasteiger partial charge in [0.1, 0.15) is 17.8 Å². The molecule has 2 aliphatic heterocycles. The van der Waals surface area contributed by atoms with Crippen LogP contribution < -0.4 is 0 Å². The molecule has 2 heterocycles. The van der Waals surface area contributed by atoms with Gasteiger partial charge in [-0.05, 0) is 70.6 Å². The third-order valence-electron chi connectivity index (χ3n) is 10.4. The monoisotopic (exact) mass is 615 g/mol. The van der Waals surface area contributed by atoms with Gasteiger partial charge >= 0.3 is 5.97 Å². The molecule has 0 aromatic rings. The van der Waals surface area contributed by atoms with E-state index in [0.29, 0.717) is 0 Å². The lowest BCUT2D eigenvalue weighted by Gasteiger charge is -2.51. The second-order valence-corrected chi connectivity index (χ2v) is 15.2. The van der Waals surface area contributed by atoms with Gasteiger partial charge in [0.2, 0.25) is 0 Å². The van der Waals surface area contributed by atoms with Crippen molar-refractivity contribution >= 4 is 11.7 Å². The van der Waals surface area contributed by atoms with Crippen molar-refractivity contribution in [3.05, 3.63) is 0 Å². The summed E-state index contributed by atoms with van der Waals surface area (Å²) in [5.74, 6) is -3.45. The average Bonchev–Trinajstić information content (AvgIpc) is 2.89. The predicted molar refractivity (Wildman–Crippen MR) is 165 cm³/mol. The van der Waals surface area contributed by atoms with Crippen LogP contribution in [0.2, 0.25) is 0 Å². The number of aliphatic hydroxyl groups excluding tert-OH is 2. The molecule has 1 unspecified atom stereocenters. The number of carbonyl (C=O) groups is 1. The van der Waals surface area contributed by atoms with Gasteiger partial charge in [-0.25, -0.2) is 0 Å². The second-order valence-electron chi connectivity index (χ2n) is 15.2. The fraction of sp³-hybridized carbons (Fsp3) is 0.939. The molecule has 252 valence electrons. The third-order valence-corrected chi connectivity index (χ3v) is 10.4. The number of rotatable bonds is 4. The molecule has 2 aliphatic rings. The summed E-state index contributed by atoms with van der Waals surface area (Å²) in [6.45, 7) is 21.8. The number of hydrogen-bond donors (Lipinski definition) is 5. The Morgan fingerprint density at radius 3 is 2.02 bits per heavy atom. The van der Waals surface area contributed by atoms with Crippen LogP contribution in [0.15, 0.2) is 0 Å². The second kappa shape index (κ2) is 13.7. The Morgan fingerprint density at radius 1 is 0.977 bits per heavy atom. The summed E-state index contributed by atoms with van der Waals surface area (Å²) < 4.78 is 24.3. The molecule has 0 aliphatic carbocycles. The van der Waals surface area contributed by atoms with Crippen molar-refractivity contribution in [2.45, 2.75) is 156 Å². The zero-order valence-electron chi connectivity index (χ0n) is 28.8. The van der Waals surface area contributed by atoms with Crippen molar-refractivity contribution in [3.63, 3.8) is 0 Å². The van der Waals surface area contributed by atoms with Gasteiger partial charge in [0, 0.05) is 25.2 Å². The summed E-state index contributed by atoms with van der Waals surface area (Å²) in [5.41, 5.74) is -4.34. The molecule has 5 N–H and O–H groups in total. The molecular formula is C33H61NO9. The number of hydrogen-bond acceptors (Lipinski definition) is 10. The van der Waals surface area contributed by atoms with E-state index in [2.05, 4.69) is 0 Å². The summed E-state index contributed by atoms with van der Waals surface area (Å²) in [5, 5.41) is 54.6. The van der Waals surface area contributed by atoms with Crippen LogP contribution in [-0.2, 0) is 23.7 Å². The largest absolute Gasteiger partial charge is 0.459 e. The molecule has 43 heavy (non-hydrogen) atoms. The van der Waals surface area contributed by atoms with Crippen molar-refractivity contribution < 1.29 is 44.2 Å². The molecule has 0 saturated carbocycles. The van der Waals surface area contributed by atoms with Crippen molar-refractivity contribution in [2.75, 3.05) is 7.11 Å². The molecule has 2 fully saturated rings. The minimum atomic E-state index is -1.84. The van der Waals surface area contributed by atoms with Gasteiger partial charge in [-0.1, -0.05) is 48.5 Å². The maximum absolute atomic E-state index is 13.9. The molecule has 10 nitrogen and oxygen atoms in total. The highest BCUT2D eigenvalue weighted by atomic mass is 16.7. The highest BCUT2D eigenvalue weighted by Crippen LogP contribution is 2.47. The lowest BCUT2D eigenvalue weighted by molar-refractivity contribution is -0.299. The normalized spacial score (nSPS) is 48.0. The Labute approximate surface area is 259 Å². The van der Waals surface area contributed by atoms with E-state index >= 15 is 0 Å². The molecule has 0 aromatic heterocycles. The van der Waals surface area contributed by atoms with Crippen molar-refractivity contribution in [3.8, 4) is 0 Å². The molecule has 14 atom stereocenters. The molecule has 2 rings (SSSR count). The van der Waals surface area contributed by atoms with E-state index in [0.717, 1.165) is 0 Å². The van der Waals surface area contributed by atoms with Gasteiger partial charge in [0.25, 0.3) is 0 Å². The van der Waals surface area contributed by atoms with Crippen LogP contribution in [0.1, 0.15) is 102 Å². The Bertz CT molecular complexity index is 963. The first kappa shape index (κ1) is 38.0. The van der Waals surface area contributed by atoms with Gasteiger partial charge in [0.05, 0.1) is 35.4 Å². The Kier molecular flexibility index (Phi) is 12.1. The molecular weight excluding hydrogens is 554 g/mol. The fourth-order valence-corrected chi connectivity index (χ4v) is 8.11. The number of carbonyl (C=O) groups excluding carboxylic acids is 1. The van der Waals surface area contributed by atoms with Crippen LogP contribution in [0, 0.1) is 40.4 Å². The third kappa shape index (κ3) is 7.99. The predicted octanol–water partition coefficient (Wildman–Crippen LogP) is 4.09. The minimum Gasteiger partial charge on any atom is -0.459 e. The van der Waals surface area contributed by atoms with Gasteiger partial charge < -0.3 is 44.8 Å². The van der Waals surface area contributed by atoms with Crippen LogP contribution >= 0.6 is 0 Å². The molecule has 0 aromatic carbocycles. The average molecular weight is 616 g/mol. The van der Waals surface area contributed by atoms with Crippen molar-refractivity contribution in [2.24, 2.45) is 35.0 Å². The zero-order chi connectivity index (χ0) is 33.5. The summed E-state index contributed by atoms with van der Waals surface area (Å²) in [4.78, 5) is 13.9. The van der Waals surface area contributed by atoms with Crippen LogP contribution in [0.5, 0.6) is 0 Å². The van der Waals surface area contributed by atoms with Gasteiger partial charge in [0.15, 0.2) is 6.29 Å². The number of nitrogens with one attached hydrogen (secondary N) is 1. The summed E-state index contributed by atoms with van der Waals surface area (Å²) in [7, 11) is 1.53. The molecule has 0 spiro atoms. The van der Waals surface area contributed by atoms with Crippen LogP contribution in [-0.4, -0.2) is 92.8 Å². The maximum Gasteiger partial charge on any atom is 0.311 e. The Hall–Kier alpha value is -1.14. The molecule has 0 amide bonds. The summed E-state index contributed by atoms with van der Waals surface area (Å²) in [6, 6.07) is 0. The molecule has 0 radical (unpaired) electrons. The number of methoxy groups -OCH3 is 1. The van der Waals surface area contributed by atoms with E-state index in [1.807, 2.05) is 34.6 Å². The van der Waals surface area contributed by atoms with Crippen molar-refractivity contribution in [1.29, 1.82) is 5.41 Å². The Balaban J connectivity index is 2.70. The highest BCUT2D eigenvalue weighted by Gasteiger charge is 2.53. The molecule has 0 bridgehead atoms. The van der Waals surface area contributed by atoms with E-state index < -0.39 is 94.6 Å². The maximum atomic E-state index is 13.9. The first-order valence-electron chi connectivity index (χ1n) is 15.9. The van der Waals surface area contributed by atoms with E-state index in [-0.39, 0.29) is 25.0 Å². The zero-order valence-corrected chi connectivity index (χ0v) is 28.8. The van der Waals surface area contributed by atoms with E-state index in [4.69, 9.17) is 24.4 Å². The smallest absolute Gasteiger partial charge is 0.311 e. The number of cyclic esters (lactones) is 1. The summed E-state index contributed by atoms with van der Waals surface area (Å²) in [6.07, 6.45) is -4.86. The SMILES string of the molecule is CC[C@H]1OC(=O)[C@H](C)[C@@H](O[C@H]2C[C@@](C)(OC)[C@@H](O)[C@H](C)O2)[C@H](C)C(C(C)(C)C)[C@](C)(O)C[C@@H](C)C(=N)[C@H](C)[C@@H](O)[C@]1(C)O. The minimum absolute atomic E-state index is 0.203. The summed E-state index contributed by atoms with van der Waals surface area (Å²) >= 11 is 0. The van der Waals surface area contributed by atoms with E-state index in [1.54, 1.807) is 41.5 Å². The fourth-order valence-electron chi connectivity index (χ4n) is 8.11. The Morgan fingerprint density at radius 2 is 1.53 bits per heavy atom.